The van der Waals surface area contributed by atoms with Gasteiger partial charge < -0.3 is 14.8 Å². The van der Waals surface area contributed by atoms with Crippen LogP contribution in [0.25, 0.3) is 0 Å². The highest BCUT2D eigenvalue weighted by atomic mass is 16.6. The van der Waals surface area contributed by atoms with E-state index >= 15 is 0 Å². The molecule has 0 saturated carbocycles. The summed E-state index contributed by atoms with van der Waals surface area (Å²) < 4.78 is 12.5. The summed E-state index contributed by atoms with van der Waals surface area (Å²) in [5.41, 5.74) is -0.748. The van der Waals surface area contributed by atoms with Gasteiger partial charge in [-0.1, -0.05) is 0 Å². The van der Waals surface area contributed by atoms with Crippen LogP contribution in [0.2, 0.25) is 0 Å². The number of carbonyl (C=O) groups is 1. The van der Waals surface area contributed by atoms with Gasteiger partial charge in [0.15, 0.2) is 0 Å². The van der Waals surface area contributed by atoms with Gasteiger partial charge in [-0.3, -0.25) is 0 Å². The Morgan fingerprint density at radius 1 is 1.40 bits per heavy atom. The molecular weight excluding hydrogens is 258 g/mol. The molecule has 1 N–H and O–H groups in total. The summed E-state index contributed by atoms with van der Waals surface area (Å²) in [5, 5.41) is 3.30. The number of nitrogens with zero attached hydrogens (tertiary/aromatic N) is 2. The minimum atomic E-state index is -0.524. The summed E-state index contributed by atoms with van der Waals surface area (Å²) in [6.45, 7) is 9.42. The largest absolute Gasteiger partial charge is 0.470 e. The van der Waals surface area contributed by atoms with Crippen molar-refractivity contribution >= 4 is 6.09 Å². The minimum Gasteiger partial charge on any atom is -0.470 e. The normalized spacial score (nSPS) is 18.6. The van der Waals surface area contributed by atoms with E-state index in [1.54, 1.807) is 6.20 Å². The lowest BCUT2D eigenvalue weighted by atomic mass is 9.95. The smallest absolute Gasteiger partial charge is 0.419 e. The summed E-state index contributed by atoms with van der Waals surface area (Å²) >= 11 is 0. The maximum absolute atomic E-state index is 11.9. The van der Waals surface area contributed by atoms with Crippen LogP contribution in [0.4, 0.5) is 4.79 Å². The van der Waals surface area contributed by atoms with E-state index in [9.17, 15) is 4.79 Å². The van der Waals surface area contributed by atoms with Crippen LogP contribution in [0.1, 0.15) is 40.5 Å². The second-order valence-electron chi connectivity index (χ2n) is 6.40. The van der Waals surface area contributed by atoms with Crippen molar-refractivity contribution in [3.8, 4) is 5.88 Å². The number of rotatable bonds is 2. The number of piperidine rings is 1. The molecule has 0 radical (unpaired) electrons. The molecule has 0 aliphatic carbocycles. The van der Waals surface area contributed by atoms with E-state index < -0.39 is 11.7 Å². The Balaban J connectivity index is 2.00. The van der Waals surface area contributed by atoms with Gasteiger partial charge in [0.1, 0.15) is 17.5 Å². The van der Waals surface area contributed by atoms with Gasteiger partial charge in [-0.15, -0.1) is 0 Å². The zero-order valence-electron chi connectivity index (χ0n) is 12.6. The predicted octanol–water partition coefficient (Wildman–Crippen LogP) is 2.19. The Hall–Kier alpha value is -1.56. The van der Waals surface area contributed by atoms with Gasteiger partial charge in [0.05, 0.1) is 6.20 Å². The van der Waals surface area contributed by atoms with Gasteiger partial charge in [-0.2, -0.15) is 0 Å². The molecule has 1 saturated heterocycles. The lowest BCUT2D eigenvalue weighted by Crippen LogP contribution is -2.43. The number of hydrogen-bond acceptors (Lipinski definition) is 5. The standard InChI is InChI=1S/C14H23N3O3/c1-13(2,3)20-12(18)17-9-11(16-10-17)19-14(4)5-7-15-8-6-14/h9-10,15H,5-8H2,1-4H3. The van der Waals surface area contributed by atoms with Gasteiger partial charge in [-0.25, -0.2) is 14.3 Å². The van der Waals surface area contributed by atoms with Crippen molar-refractivity contribution in [2.24, 2.45) is 0 Å². The molecular formula is C14H23N3O3. The Labute approximate surface area is 119 Å². The fourth-order valence-corrected chi connectivity index (χ4v) is 2.08. The molecule has 2 rings (SSSR count). The van der Waals surface area contributed by atoms with E-state index in [1.807, 2.05) is 20.8 Å². The van der Waals surface area contributed by atoms with Gasteiger partial charge in [0.2, 0.25) is 5.88 Å². The first-order valence-corrected chi connectivity index (χ1v) is 6.95. The Kier molecular flexibility index (Phi) is 4.04. The van der Waals surface area contributed by atoms with Crippen molar-refractivity contribution in [3.05, 3.63) is 12.5 Å². The molecule has 2 heterocycles. The van der Waals surface area contributed by atoms with E-state index in [-0.39, 0.29) is 5.60 Å². The predicted molar refractivity (Wildman–Crippen MR) is 75.0 cm³/mol. The second-order valence-corrected chi connectivity index (χ2v) is 6.40. The number of nitrogens with one attached hydrogen (secondary N) is 1. The highest BCUT2D eigenvalue weighted by Gasteiger charge is 2.29. The number of imidazole rings is 1. The molecule has 0 atom stereocenters. The number of hydrogen-bond donors (Lipinski definition) is 1. The number of aromatic nitrogens is 2. The van der Waals surface area contributed by atoms with Crippen LogP contribution < -0.4 is 10.1 Å². The van der Waals surface area contributed by atoms with Crippen LogP contribution in [0, 0.1) is 0 Å². The number of carbonyl (C=O) groups excluding carboxylic acids is 1. The molecule has 0 unspecified atom stereocenters. The molecule has 1 fully saturated rings. The molecule has 0 spiro atoms. The molecule has 0 bridgehead atoms. The first-order chi connectivity index (χ1) is 9.27. The van der Waals surface area contributed by atoms with Crippen LogP contribution in [-0.4, -0.2) is 39.9 Å². The average molecular weight is 281 g/mol. The van der Waals surface area contributed by atoms with E-state index in [0.717, 1.165) is 25.9 Å². The Morgan fingerprint density at radius 2 is 2.05 bits per heavy atom. The first-order valence-electron chi connectivity index (χ1n) is 6.95. The SMILES string of the molecule is CC(C)(C)OC(=O)n1cnc(OC2(C)CCNCC2)c1. The van der Waals surface area contributed by atoms with E-state index in [0.29, 0.717) is 5.88 Å². The zero-order valence-corrected chi connectivity index (χ0v) is 12.6. The third-order valence-corrected chi connectivity index (χ3v) is 3.18. The Bertz CT molecular complexity index is 470. The summed E-state index contributed by atoms with van der Waals surface area (Å²) in [6, 6.07) is 0. The van der Waals surface area contributed by atoms with Gasteiger partial charge >= 0.3 is 6.09 Å². The monoisotopic (exact) mass is 281 g/mol. The highest BCUT2D eigenvalue weighted by molar-refractivity contribution is 5.70. The van der Waals surface area contributed by atoms with Crippen molar-refractivity contribution in [1.82, 2.24) is 14.9 Å². The van der Waals surface area contributed by atoms with Crippen LogP contribution in [-0.2, 0) is 4.74 Å². The third kappa shape index (κ3) is 3.96. The molecule has 20 heavy (non-hydrogen) atoms. The molecule has 1 aromatic rings. The van der Waals surface area contributed by atoms with Crippen molar-refractivity contribution in [1.29, 1.82) is 0 Å². The average Bonchev–Trinajstić information content (AvgIpc) is 2.75. The molecule has 0 amide bonds. The van der Waals surface area contributed by atoms with E-state index in [2.05, 4.69) is 17.2 Å². The van der Waals surface area contributed by atoms with Crippen LogP contribution >= 0.6 is 0 Å². The van der Waals surface area contributed by atoms with Gasteiger partial charge in [-0.05, 0) is 53.6 Å². The molecule has 0 aromatic carbocycles. The highest BCUT2D eigenvalue weighted by Crippen LogP contribution is 2.24. The summed E-state index contributed by atoms with van der Waals surface area (Å²) in [5.74, 6) is 0.459. The molecule has 6 heteroatoms. The lowest BCUT2D eigenvalue weighted by Gasteiger charge is -2.33. The third-order valence-electron chi connectivity index (χ3n) is 3.18. The first kappa shape index (κ1) is 14.8. The van der Waals surface area contributed by atoms with Crippen LogP contribution in [0.3, 0.4) is 0 Å². The lowest BCUT2D eigenvalue weighted by molar-refractivity contribution is 0.0486. The molecule has 6 nitrogen and oxygen atoms in total. The zero-order chi connectivity index (χ0) is 14.8. The van der Waals surface area contributed by atoms with Crippen molar-refractivity contribution < 1.29 is 14.3 Å². The summed E-state index contributed by atoms with van der Waals surface area (Å²) in [4.78, 5) is 16.0. The topological polar surface area (TPSA) is 65.4 Å². The second kappa shape index (κ2) is 5.44. The van der Waals surface area contributed by atoms with Crippen molar-refractivity contribution in [3.63, 3.8) is 0 Å². The van der Waals surface area contributed by atoms with Gasteiger partial charge in [0, 0.05) is 0 Å². The number of ether oxygens (including phenoxy) is 2. The van der Waals surface area contributed by atoms with Crippen molar-refractivity contribution in [2.75, 3.05) is 13.1 Å². The maximum atomic E-state index is 11.9. The fraction of sp³-hybridized carbons (Fsp3) is 0.714. The quantitative estimate of drug-likeness (QED) is 0.900. The fourth-order valence-electron chi connectivity index (χ4n) is 2.08. The minimum absolute atomic E-state index is 0.224. The van der Waals surface area contributed by atoms with Crippen molar-refractivity contribution in [2.45, 2.75) is 51.7 Å². The summed E-state index contributed by atoms with van der Waals surface area (Å²) in [6.07, 6.45) is 4.39. The van der Waals surface area contributed by atoms with Gasteiger partial charge in [0.25, 0.3) is 0 Å². The van der Waals surface area contributed by atoms with Crippen LogP contribution in [0.15, 0.2) is 12.5 Å². The van der Waals surface area contributed by atoms with E-state index in [1.165, 1.54) is 10.9 Å². The summed E-state index contributed by atoms with van der Waals surface area (Å²) in [7, 11) is 0. The molecule has 112 valence electrons. The molecule has 1 aliphatic rings. The maximum Gasteiger partial charge on any atom is 0.419 e. The molecule has 1 aromatic heterocycles. The molecule has 1 aliphatic heterocycles. The Morgan fingerprint density at radius 3 is 2.65 bits per heavy atom. The van der Waals surface area contributed by atoms with Crippen LogP contribution in [0.5, 0.6) is 5.88 Å². The van der Waals surface area contributed by atoms with E-state index in [4.69, 9.17) is 9.47 Å².